The van der Waals surface area contributed by atoms with Crippen LogP contribution in [0.4, 0.5) is 5.69 Å². The van der Waals surface area contributed by atoms with E-state index in [1.54, 1.807) is 7.11 Å². The molecule has 1 aromatic carbocycles. The summed E-state index contributed by atoms with van der Waals surface area (Å²) in [6.07, 6.45) is 2.98. The van der Waals surface area contributed by atoms with Gasteiger partial charge in [-0.05, 0) is 24.6 Å². The summed E-state index contributed by atoms with van der Waals surface area (Å²) in [6, 6.07) is 11.5. The summed E-state index contributed by atoms with van der Waals surface area (Å²) in [6.45, 7) is 4.39. The highest BCUT2D eigenvalue weighted by atomic mass is 16.5. The Bertz CT molecular complexity index is 638. The lowest BCUT2D eigenvalue weighted by atomic mass is 10.2. The van der Waals surface area contributed by atoms with Gasteiger partial charge in [0.05, 0.1) is 12.8 Å². The molecule has 0 aliphatic carbocycles. The molecule has 0 atom stereocenters. The first-order valence-corrected chi connectivity index (χ1v) is 7.06. The van der Waals surface area contributed by atoms with Crippen molar-refractivity contribution in [2.75, 3.05) is 12.4 Å². The minimum absolute atomic E-state index is 0.0687. The van der Waals surface area contributed by atoms with Crippen LogP contribution in [0, 0.1) is 6.92 Å². The number of aryl methyl sites for hydroxylation is 2. The SMILES string of the molecule is CCc1ccc(C)[n+](CC(=O)Nc2ccccc2OC)c1. The van der Waals surface area contributed by atoms with Crippen LogP contribution in [0.3, 0.4) is 0 Å². The van der Waals surface area contributed by atoms with Crippen LogP contribution in [0.5, 0.6) is 5.75 Å². The highest BCUT2D eigenvalue weighted by Crippen LogP contribution is 2.22. The maximum absolute atomic E-state index is 12.2. The Labute approximate surface area is 125 Å². The molecule has 2 rings (SSSR count). The van der Waals surface area contributed by atoms with E-state index in [0.29, 0.717) is 11.4 Å². The molecule has 0 aliphatic heterocycles. The molecule has 0 saturated heterocycles. The number of hydrogen-bond acceptors (Lipinski definition) is 2. The van der Waals surface area contributed by atoms with Crippen LogP contribution in [-0.2, 0) is 17.8 Å². The molecule has 1 aromatic heterocycles. The van der Waals surface area contributed by atoms with E-state index < -0.39 is 0 Å². The van der Waals surface area contributed by atoms with E-state index in [2.05, 4.69) is 18.3 Å². The fourth-order valence-electron chi connectivity index (χ4n) is 2.14. The Kier molecular flexibility index (Phi) is 4.93. The number of methoxy groups -OCH3 is 1. The first kappa shape index (κ1) is 15.0. The van der Waals surface area contributed by atoms with Gasteiger partial charge in [-0.1, -0.05) is 19.1 Å². The number of benzene rings is 1. The van der Waals surface area contributed by atoms with Crippen LogP contribution in [-0.4, -0.2) is 13.0 Å². The third kappa shape index (κ3) is 3.81. The largest absolute Gasteiger partial charge is 0.495 e. The van der Waals surface area contributed by atoms with Crippen molar-refractivity contribution < 1.29 is 14.1 Å². The fraction of sp³-hybridized carbons (Fsp3) is 0.294. The molecule has 21 heavy (non-hydrogen) atoms. The lowest BCUT2D eigenvalue weighted by molar-refractivity contribution is -0.690. The highest BCUT2D eigenvalue weighted by Gasteiger charge is 2.14. The van der Waals surface area contributed by atoms with Crippen molar-refractivity contribution >= 4 is 11.6 Å². The Morgan fingerprint density at radius 2 is 2.00 bits per heavy atom. The van der Waals surface area contributed by atoms with E-state index >= 15 is 0 Å². The summed E-state index contributed by atoms with van der Waals surface area (Å²) in [7, 11) is 1.59. The second-order valence-corrected chi connectivity index (χ2v) is 4.91. The lowest BCUT2D eigenvalue weighted by Crippen LogP contribution is -2.43. The lowest BCUT2D eigenvalue weighted by Gasteiger charge is -2.09. The average Bonchev–Trinajstić information content (AvgIpc) is 2.50. The van der Waals surface area contributed by atoms with Crippen molar-refractivity contribution in [3.8, 4) is 5.75 Å². The Balaban J connectivity index is 2.11. The monoisotopic (exact) mass is 285 g/mol. The predicted octanol–water partition coefficient (Wildman–Crippen LogP) is 2.49. The summed E-state index contributed by atoms with van der Waals surface area (Å²) >= 11 is 0. The van der Waals surface area contributed by atoms with E-state index in [9.17, 15) is 4.79 Å². The van der Waals surface area contributed by atoms with Crippen LogP contribution in [0.25, 0.3) is 0 Å². The molecule has 0 fully saturated rings. The highest BCUT2D eigenvalue weighted by molar-refractivity contribution is 5.91. The second kappa shape index (κ2) is 6.88. The Morgan fingerprint density at radius 3 is 2.71 bits per heavy atom. The Morgan fingerprint density at radius 1 is 1.24 bits per heavy atom. The number of ether oxygens (including phenoxy) is 1. The number of aromatic nitrogens is 1. The third-order valence-electron chi connectivity index (χ3n) is 3.42. The molecule has 0 saturated carbocycles. The van der Waals surface area contributed by atoms with Gasteiger partial charge in [0.15, 0.2) is 11.9 Å². The van der Waals surface area contributed by atoms with Gasteiger partial charge in [-0.2, -0.15) is 4.57 Å². The molecule has 0 unspecified atom stereocenters. The number of para-hydroxylation sites is 2. The maximum Gasteiger partial charge on any atom is 0.290 e. The van der Waals surface area contributed by atoms with Crippen molar-refractivity contribution in [3.05, 3.63) is 53.9 Å². The zero-order chi connectivity index (χ0) is 15.2. The zero-order valence-electron chi connectivity index (χ0n) is 12.7. The normalized spacial score (nSPS) is 10.2. The number of rotatable bonds is 5. The number of hydrogen-bond donors (Lipinski definition) is 1. The van der Waals surface area contributed by atoms with Gasteiger partial charge in [0.25, 0.3) is 5.91 Å². The van der Waals surface area contributed by atoms with Crippen molar-refractivity contribution in [3.63, 3.8) is 0 Å². The smallest absolute Gasteiger partial charge is 0.290 e. The van der Waals surface area contributed by atoms with E-state index in [4.69, 9.17) is 4.74 Å². The van der Waals surface area contributed by atoms with Crippen molar-refractivity contribution in [2.24, 2.45) is 0 Å². The number of pyridine rings is 1. The molecular weight excluding hydrogens is 264 g/mol. The standard InChI is InChI=1S/C17H20N2O2/c1-4-14-10-9-13(2)19(11-14)12-17(20)18-15-7-5-6-8-16(15)21-3/h5-11H,4,12H2,1-3H3/p+1. The summed E-state index contributed by atoms with van der Waals surface area (Å²) in [4.78, 5) is 12.2. The molecule has 1 amide bonds. The average molecular weight is 285 g/mol. The quantitative estimate of drug-likeness (QED) is 0.858. The second-order valence-electron chi connectivity index (χ2n) is 4.91. The van der Waals surface area contributed by atoms with Crippen LogP contribution in [0.2, 0.25) is 0 Å². The van der Waals surface area contributed by atoms with Crippen molar-refractivity contribution in [1.29, 1.82) is 0 Å². The van der Waals surface area contributed by atoms with Gasteiger partial charge in [-0.15, -0.1) is 0 Å². The summed E-state index contributed by atoms with van der Waals surface area (Å²) in [5, 5.41) is 2.89. The Hall–Kier alpha value is -2.36. The van der Waals surface area contributed by atoms with E-state index in [0.717, 1.165) is 12.1 Å². The van der Waals surface area contributed by atoms with E-state index in [1.165, 1.54) is 5.56 Å². The topological polar surface area (TPSA) is 42.2 Å². The van der Waals surface area contributed by atoms with Crippen LogP contribution in [0.1, 0.15) is 18.2 Å². The van der Waals surface area contributed by atoms with Crippen LogP contribution >= 0.6 is 0 Å². The van der Waals surface area contributed by atoms with Gasteiger partial charge in [0.2, 0.25) is 6.54 Å². The molecule has 0 radical (unpaired) electrons. The third-order valence-corrected chi connectivity index (χ3v) is 3.42. The van der Waals surface area contributed by atoms with Gasteiger partial charge in [0.1, 0.15) is 5.75 Å². The molecule has 0 spiro atoms. The van der Waals surface area contributed by atoms with Crippen molar-refractivity contribution in [2.45, 2.75) is 26.8 Å². The van der Waals surface area contributed by atoms with Gasteiger partial charge in [0, 0.05) is 18.6 Å². The van der Waals surface area contributed by atoms with Crippen molar-refractivity contribution in [1.82, 2.24) is 0 Å². The minimum atomic E-state index is -0.0687. The molecule has 4 nitrogen and oxygen atoms in total. The number of nitrogens with one attached hydrogen (secondary N) is 1. The minimum Gasteiger partial charge on any atom is -0.495 e. The predicted molar refractivity (Wildman–Crippen MR) is 82.4 cm³/mol. The number of nitrogens with zero attached hydrogens (tertiary/aromatic N) is 1. The summed E-state index contributed by atoms with van der Waals surface area (Å²) in [5.41, 5.74) is 2.96. The van der Waals surface area contributed by atoms with Gasteiger partial charge >= 0.3 is 0 Å². The molecule has 1 heterocycles. The van der Waals surface area contributed by atoms with Gasteiger partial charge in [-0.3, -0.25) is 4.79 Å². The molecular formula is C17H21N2O2+. The molecule has 0 bridgehead atoms. The molecule has 4 heteroatoms. The first-order valence-electron chi connectivity index (χ1n) is 7.06. The number of amides is 1. The van der Waals surface area contributed by atoms with Crippen LogP contribution < -0.4 is 14.6 Å². The van der Waals surface area contributed by atoms with E-state index in [-0.39, 0.29) is 12.5 Å². The summed E-state index contributed by atoms with van der Waals surface area (Å²) < 4.78 is 7.20. The molecule has 110 valence electrons. The first-order chi connectivity index (χ1) is 10.1. The zero-order valence-corrected chi connectivity index (χ0v) is 12.7. The number of carbonyl (C=O) groups is 1. The molecule has 2 aromatic rings. The van der Waals surface area contributed by atoms with Gasteiger partial charge < -0.3 is 10.1 Å². The van der Waals surface area contributed by atoms with E-state index in [1.807, 2.05) is 48.0 Å². The van der Waals surface area contributed by atoms with Crippen LogP contribution in [0.15, 0.2) is 42.6 Å². The number of carbonyl (C=O) groups excluding carboxylic acids is 1. The number of anilines is 1. The fourth-order valence-corrected chi connectivity index (χ4v) is 2.14. The summed E-state index contributed by atoms with van der Waals surface area (Å²) in [5.74, 6) is 0.593. The van der Waals surface area contributed by atoms with Gasteiger partial charge in [-0.25, -0.2) is 0 Å². The molecule has 1 N–H and O–H groups in total. The molecule has 0 aliphatic rings. The maximum atomic E-state index is 12.2.